The summed E-state index contributed by atoms with van der Waals surface area (Å²) in [6, 6.07) is 0.0504. The molecule has 0 N–H and O–H groups in total. The van der Waals surface area contributed by atoms with Crippen molar-refractivity contribution in [3.05, 3.63) is 0 Å². The summed E-state index contributed by atoms with van der Waals surface area (Å²) in [5.41, 5.74) is 0. The molecule has 0 radical (unpaired) electrons. The largest absolute Gasteiger partial charge is 0.383 e. The molecule has 1 rings (SSSR count). The van der Waals surface area contributed by atoms with Gasteiger partial charge in [-0.1, -0.05) is 0 Å². The van der Waals surface area contributed by atoms with Crippen molar-refractivity contribution in [2.24, 2.45) is 0 Å². The highest BCUT2D eigenvalue weighted by Crippen LogP contribution is 2.14. The third-order valence-corrected chi connectivity index (χ3v) is 3.57. The SMILES string of the molecule is COCC(C)N(C)C(=O)C(C)OCC1CCCCO1. The molecular weight excluding hydrogens is 246 g/mol. The summed E-state index contributed by atoms with van der Waals surface area (Å²) in [7, 11) is 3.41. The number of amides is 1. The van der Waals surface area contributed by atoms with Crippen LogP contribution in [0.2, 0.25) is 0 Å². The van der Waals surface area contributed by atoms with Crippen LogP contribution in [-0.4, -0.2) is 63.0 Å². The average molecular weight is 273 g/mol. The standard InChI is InChI=1S/C14H27NO4/c1-11(9-17-4)15(3)14(16)12(2)19-10-13-7-5-6-8-18-13/h11-13H,5-10H2,1-4H3. The Morgan fingerprint density at radius 1 is 1.42 bits per heavy atom. The molecule has 19 heavy (non-hydrogen) atoms. The first-order chi connectivity index (χ1) is 9.06. The van der Waals surface area contributed by atoms with Crippen LogP contribution in [0, 0.1) is 0 Å². The van der Waals surface area contributed by atoms with Crippen molar-refractivity contribution in [3.8, 4) is 0 Å². The highest BCUT2D eigenvalue weighted by molar-refractivity contribution is 5.80. The number of nitrogens with zero attached hydrogens (tertiary/aromatic N) is 1. The molecule has 0 aromatic heterocycles. The minimum absolute atomic E-state index is 0.0136. The van der Waals surface area contributed by atoms with Crippen molar-refractivity contribution in [2.75, 3.05) is 34.0 Å². The lowest BCUT2D eigenvalue weighted by molar-refractivity contribution is -0.147. The van der Waals surface area contributed by atoms with Gasteiger partial charge in [-0.3, -0.25) is 4.79 Å². The van der Waals surface area contributed by atoms with Crippen LogP contribution in [0.4, 0.5) is 0 Å². The minimum Gasteiger partial charge on any atom is -0.383 e. The quantitative estimate of drug-likeness (QED) is 0.704. The van der Waals surface area contributed by atoms with Gasteiger partial charge < -0.3 is 19.1 Å². The monoisotopic (exact) mass is 273 g/mol. The van der Waals surface area contributed by atoms with Crippen molar-refractivity contribution in [1.29, 1.82) is 0 Å². The highest BCUT2D eigenvalue weighted by atomic mass is 16.5. The van der Waals surface area contributed by atoms with Gasteiger partial charge in [0.1, 0.15) is 6.10 Å². The van der Waals surface area contributed by atoms with Gasteiger partial charge in [-0.05, 0) is 33.1 Å². The van der Waals surface area contributed by atoms with Crippen LogP contribution in [0.3, 0.4) is 0 Å². The minimum atomic E-state index is -0.435. The van der Waals surface area contributed by atoms with E-state index in [1.54, 1.807) is 26.0 Å². The average Bonchev–Trinajstić information content (AvgIpc) is 2.44. The summed E-state index contributed by atoms with van der Waals surface area (Å²) in [6.45, 7) is 5.58. The number of likely N-dealkylation sites (N-methyl/N-ethyl adjacent to an activating group) is 1. The summed E-state index contributed by atoms with van der Waals surface area (Å²) >= 11 is 0. The Bertz CT molecular complexity index is 266. The van der Waals surface area contributed by atoms with Gasteiger partial charge in [0.15, 0.2) is 0 Å². The molecule has 1 saturated heterocycles. The smallest absolute Gasteiger partial charge is 0.251 e. The van der Waals surface area contributed by atoms with E-state index in [1.165, 1.54) is 6.42 Å². The molecule has 5 heteroatoms. The number of carbonyl (C=O) groups is 1. The lowest BCUT2D eigenvalue weighted by Crippen LogP contribution is -2.44. The molecule has 1 heterocycles. The maximum Gasteiger partial charge on any atom is 0.251 e. The highest BCUT2D eigenvalue weighted by Gasteiger charge is 2.23. The topological polar surface area (TPSA) is 48.0 Å². The van der Waals surface area contributed by atoms with E-state index in [-0.39, 0.29) is 18.1 Å². The van der Waals surface area contributed by atoms with Gasteiger partial charge in [0.2, 0.25) is 0 Å². The van der Waals surface area contributed by atoms with E-state index >= 15 is 0 Å². The second-order valence-electron chi connectivity index (χ2n) is 5.22. The number of rotatable bonds is 7. The first kappa shape index (κ1) is 16.4. The molecular formula is C14H27NO4. The summed E-state index contributed by atoms with van der Waals surface area (Å²) in [4.78, 5) is 13.8. The first-order valence-corrected chi connectivity index (χ1v) is 7.05. The van der Waals surface area contributed by atoms with Crippen LogP contribution in [0.15, 0.2) is 0 Å². The van der Waals surface area contributed by atoms with E-state index in [4.69, 9.17) is 14.2 Å². The third kappa shape index (κ3) is 5.47. The molecule has 0 spiro atoms. The van der Waals surface area contributed by atoms with Crippen LogP contribution in [-0.2, 0) is 19.0 Å². The van der Waals surface area contributed by atoms with Crippen molar-refractivity contribution in [1.82, 2.24) is 4.90 Å². The maximum absolute atomic E-state index is 12.1. The molecule has 1 aliphatic rings. The van der Waals surface area contributed by atoms with Crippen molar-refractivity contribution in [2.45, 2.75) is 51.4 Å². The van der Waals surface area contributed by atoms with E-state index in [2.05, 4.69) is 0 Å². The maximum atomic E-state index is 12.1. The fraction of sp³-hybridized carbons (Fsp3) is 0.929. The van der Waals surface area contributed by atoms with Crippen LogP contribution in [0.5, 0.6) is 0 Å². The zero-order valence-electron chi connectivity index (χ0n) is 12.6. The normalized spacial score (nSPS) is 22.8. The molecule has 0 saturated carbocycles. The molecule has 0 aliphatic carbocycles. The van der Waals surface area contributed by atoms with Crippen LogP contribution in [0.25, 0.3) is 0 Å². The summed E-state index contributed by atoms with van der Waals surface area (Å²) in [5, 5.41) is 0. The molecule has 3 unspecified atom stereocenters. The Morgan fingerprint density at radius 2 is 2.16 bits per heavy atom. The number of methoxy groups -OCH3 is 1. The predicted molar refractivity (Wildman–Crippen MR) is 73.1 cm³/mol. The summed E-state index contributed by atoms with van der Waals surface area (Å²) < 4.78 is 16.3. The summed E-state index contributed by atoms with van der Waals surface area (Å²) in [5.74, 6) is -0.0136. The van der Waals surface area contributed by atoms with Crippen molar-refractivity contribution < 1.29 is 19.0 Å². The van der Waals surface area contributed by atoms with Gasteiger partial charge in [-0.2, -0.15) is 0 Å². The Hall–Kier alpha value is -0.650. The van der Waals surface area contributed by atoms with Crippen LogP contribution >= 0.6 is 0 Å². The number of carbonyl (C=O) groups excluding carboxylic acids is 1. The number of hydrogen-bond donors (Lipinski definition) is 0. The van der Waals surface area contributed by atoms with E-state index < -0.39 is 6.10 Å². The molecule has 5 nitrogen and oxygen atoms in total. The fourth-order valence-corrected chi connectivity index (χ4v) is 2.12. The Kier molecular flexibility index (Phi) is 7.34. The third-order valence-electron chi connectivity index (χ3n) is 3.57. The second-order valence-corrected chi connectivity index (χ2v) is 5.22. The van der Waals surface area contributed by atoms with E-state index in [0.29, 0.717) is 13.2 Å². The second kappa shape index (κ2) is 8.51. The Balaban J connectivity index is 2.30. The lowest BCUT2D eigenvalue weighted by Gasteiger charge is -2.28. The predicted octanol–water partition coefficient (Wildman–Crippen LogP) is 1.45. The Labute approximate surface area is 116 Å². The molecule has 1 fully saturated rings. The zero-order chi connectivity index (χ0) is 14.3. The van der Waals surface area contributed by atoms with Gasteiger partial charge >= 0.3 is 0 Å². The van der Waals surface area contributed by atoms with E-state index in [9.17, 15) is 4.79 Å². The number of hydrogen-bond acceptors (Lipinski definition) is 4. The van der Waals surface area contributed by atoms with Gasteiger partial charge in [0.05, 0.1) is 25.4 Å². The first-order valence-electron chi connectivity index (χ1n) is 7.05. The Morgan fingerprint density at radius 3 is 2.74 bits per heavy atom. The van der Waals surface area contributed by atoms with Crippen LogP contribution in [0.1, 0.15) is 33.1 Å². The fourth-order valence-electron chi connectivity index (χ4n) is 2.12. The van der Waals surface area contributed by atoms with E-state index in [0.717, 1.165) is 19.4 Å². The lowest BCUT2D eigenvalue weighted by atomic mass is 10.1. The molecule has 1 amide bonds. The van der Waals surface area contributed by atoms with Gasteiger partial charge in [0.25, 0.3) is 5.91 Å². The molecule has 0 bridgehead atoms. The molecule has 0 aromatic carbocycles. The van der Waals surface area contributed by atoms with Crippen molar-refractivity contribution in [3.63, 3.8) is 0 Å². The van der Waals surface area contributed by atoms with Gasteiger partial charge in [0, 0.05) is 20.8 Å². The zero-order valence-corrected chi connectivity index (χ0v) is 12.6. The molecule has 112 valence electrons. The van der Waals surface area contributed by atoms with E-state index in [1.807, 2.05) is 6.92 Å². The van der Waals surface area contributed by atoms with Crippen LogP contribution < -0.4 is 0 Å². The van der Waals surface area contributed by atoms with Crippen molar-refractivity contribution >= 4 is 5.91 Å². The van der Waals surface area contributed by atoms with Gasteiger partial charge in [-0.25, -0.2) is 0 Å². The number of ether oxygens (including phenoxy) is 3. The molecule has 1 aliphatic heterocycles. The molecule has 0 aromatic rings. The van der Waals surface area contributed by atoms with Gasteiger partial charge in [-0.15, -0.1) is 0 Å². The summed E-state index contributed by atoms with van der Waals surface area (Å²) in [6.07, 6.45) is 3.04. The molecule has 3 atom stereocenters.